The topological polar surface area (TPSA) is 71.2 Å². The molecule has 2 N–H and O–H groups in total. The van der Waals surface area contributed by atoms with Crippen molar-refractivity contribution in [1.29, 1.82) is 0 Å². The van der Waals surface area contributed by atoms with Crippen LogP contribution in [0, 0.1) is 5.82 Å². The van der Waals surface area contributed by atoms with E-state index in [-0.39, 0.29) is 17.6 Å². The molecule has 0 fully saturated rings. The van der Waals surface area contributed by atoms with Gasteiger partial charge in [-0.2, -0.15) is 4.98 Å². The Morgan fingerprint density at radius 3 is 3.06 bits per heavy atom. The van der Waals surface area contributed by atoms with Crippen LogP contribution in [-0.2, 0) is 6.42 Å². The van der Waals surface area contributed by atoms with E-state index < -0.39 is 0 Å². The molecule has 0 radical (unpaired) electrons. The van der Waals surface area contributed by atoms with Crippen LogP contribution in [0.3, 0.4) is 0 Å². The fourth-order valence-electron chi connectivity index (χ4n) is 1.68. The lowest BCUT2D eigenvalue weighted by Gasteiger charge is -2.15. The zero-order valence-electron chi connectivity index (χ0n) is 9.93. The quantitative estimate of drug-likeness (QED) is 0.848. The second-order valence-corrected chi connectivity index (χ2v) is 3.96. The number of nitrogens with one attached hydrogen (secondary N) is 1. The van der Waals surface area contributed by atoms with Crippen molar-refractivity contribution in [3.05, 3.63) is 41.8 Å². The summed E-state index contributed by atoms with van der Waals surface area (Å²) >= 11 is 0. The van der Waals surface area contributed by atoms with E-state index >= 15 is 0 Å². The normalized spacial score (nSPS) is 12.6. The second-order valence-electron chi connectivity index (χ2n) is 3.96. The van der Waals surface area contributed by atoms with Gasteiger partial charge in [-0.3, -0.25) is 0 Å². The van der Waals surface area contributed by atoms with E-state index in [1.54, 1.807) is 0 Å². The summed E-state index contributed by atoms with van der Waals surface area (Å²) in [7, 11) is 0. The number of hydrogen-bond donors (Lipinski definition) is 2. The lowest BCUT2D eigenvalue weighted by Crippen LogP contribution is -2.21. The van der Waals surface area contributed by atoms with Gasteiger partial charge in [0.15, 0.2) is 6.33 Å². The van der Waals surface area contributed by atoms with Gasteiger partial charge in [-0.1, -0.05) is 5.16 Å². The van der Waals surface area contributed by atoms with Crippen molar-refractivity contribution in [2.75, 3.05) is 6.54 Å². The van der Waals surface area contributed by atoms with Crippen LogP contribution >= 0.6 is 0 Å². The van der Waals surface area contributed by atoms with E-state index in [4.69, 9.17) is 4.52 Å². The first-order valence-electron chi connectivity index (χ1n) is 5.64. The molecule has 0 saturated heterocycles. The molecular weight excluding hydrogens is 237 g/mol. The largest absolute Gasteiger partial charge is 0.508 e. The molecule has 0 amide bonds. The minimum absolute atomic E-state index is 0.0780. The van der Waals surface area contributed by atoms with Crippen LogP contribution in [-0.4, -0.2) is 21.8 Å². The first-order valence-corrected chi connectivity index (χ1v) is 5.64. The van der Waals surface area contributed by atoms with Gasteiger partial charge in [-0.25, -0.2) is 4.39 Å². The summed E-state index contributed by atoms with van der Waals surface area (Å²) in [6.07, 6.45) is 1.93. The summed E-state index contributed by atoms with van der Waals surface area (Å²) in [6, 6.07) is 3.73. The molecule has 0 aliphatic rings. The standard InChI is InChI=1S/C12H14FN3O2/c1-8(10-6-9(13)2-3-11(10)17)14-5-4-12-15-7-16-18-12/h2-3,6-8,14,17H,4-5H2,1H3. The minimum atomic E-state index is -0.367. The highest BCUT2D eigenvalue weighted by molar-refractivity contribution is 5.34. The van der Waals surface area contributed by atoms with E-state index in [1.165, 1.54) is 24.5 Å². The Balaban J connectivity index is 1.91. The molecule has 1 aromatic heterocycles. The lowest BCUT2D eigenvalue weighted by molar-refractivity contribution is 0.371. The molecule has 1 aromatic carbocycles. The van der Waals surface area contributed by atoms with Crippen molar-refractivity contribution in [2.45, 2.75) is 19.4 Å². The number of phenols is 1. The van der Waals surface area contributed by atoms with Crippen LogP contribution in [0.5, 0.6) is 5.75 Å². The number of benzene rings is 1. The van der Waals surface area contributed by atoms with Crippen LogP contribution < -0.4 is 5.32 Å². The SMILES string of the molecule is CC(NCCc1ncno1)c1cc(F)ccc1O. The van der Waals surface area contributed by atoms with Crippen molar-refractivity contribution in [3.8, 4) is 5.75 Å². The smallest absolute Gasteiger partial charge is 0.227 e. The summed E-state index contributed by atoms with van der Waals surface area (Å²) in [6.45, 7) is 2.45. The highest BCUT2D eigenvalue weighted by atomic mass is 19.1. The van der Waals surface area contributed by atoms with Gasteiger partial charge in [0.1, 0.15) is 11.6 Å². The first kappa shape index (κ1) is 12.5. The molecule has 2 rings (SSSR count). The van der Waals surface area contributed by atoms with Crippen LogP contribution in [0.4, 0.5) is 4.39 Å². The molecule has 6 heteroatoms. The number of halogens is 1. The Bertz CT molecular complexity index is 502. The zero-order valence-corrected chi connectivity index (χ0v) is 9.93. The van der Waals surface area contributed by atoms with Gasteiger partial charge >= 0.3 is 0 Å². The van der Waals surface area contributed by atoms with E-state index in [9.17, 15) is 9.50 Å². The average Bonchev–Trinajstić information content (AvgIpc) is 2.85. The number of rotatable bonds is 5. The molecule has 0 saturated carbocycles. The highest BCUT2D eigenvalue weighted by Crippen LogP contribution is 2.24. The molecule has 1 atom stereocenters. The van der Waals surface area contributed by atoms with Gasteiger partial charge in [-0.05, 0) is 25.1 Å². The van der Waals surface area contributed by atoms with Crippen molar-refractivity contribution >= 4 is 0 Å². The molecule has 1 heterocycles. The molecule has 2 aromatic rings. The Kier molecular flexibility index (Phi) is 3.88. The number of phenolic OH excluding ortho intramolecular Hbond substituents is 1. The van der Waals surface area contributed by atoms with Crippen LogP contribution in [0.2, 0.25) is 0 Å². The van der Waals surface area contributed by atoms with Crippen molar-refractivity contribution in [1.82, 2.24) is 15.5 Å². The fourth-order valence-corrected chi connectivity index (χ4v) is 1.68. The van der Waals surface area contributed by atoms with Crippen LogP contribution in [0.25, 0.3) is 0 Å². The van der Waals surface area contributed by atoms with Crippen molar-refractivity contribution in [3.63, 3.8) is 0 Å². The minimum Gasteiger partial charge on any atom is -0.508 e. The maximum Gasteiger partial charge on any atom is 0.227 e. The molecule has 0 aliphatic carbocycles. The molecule has 0 bridgehead atoms. The van der Waals surface area contributed by atoms with Crippen LogP contribution in [0.1, 0.15) is 24.4 Å². The number of hydrogen-bond acceptors (Lipinski definition) is 5. The maximum atomic E-state index is 13.1. The van der Waals surface area contributed by atoms with Gasteiger partial charge < -0.3 is 14.9 Å². The second kappa shape index (κ2) is 5.59. The van der Waals surface area contributed by atoms with Gasteiger partial charge in [0.05, 0.1) is 0 Å². The number of nitrogens with zero attached hydrogens (tertiary/aromatic N) is 2. The Morgan fingerprint density at radius 2 is 2.33 bits per heavy atom. The summed E-state index contributed by atoms with van der Waals surface area (Å²) < 4.78 is 17.9. The van der Waals surface area contributed by atoms with E-state index in [2.05, 4.69) is 15.5 Å². The van der Waals surface area contributed by atoms with Gasteiger partial charge in [0, 0.05) is 24.6 Å². The predicted molar refractivity (Wildman–Crippen MR) is 62.5 cm³/mol. The third-order valence-corrected chi connectivity index (χ3v) is 2.65. The third-order valence-electron chi connectivity index (χ3n) is 2.65. The molecule has 5 nitrogen and oxygen atoms in total. The molecule has 0 aliphatic heterocycles. The van der Waals surface area contributed by atoms with E-state index in [1.807, 2.05) is 6.92 Å². The molecule has 0 spiro atoms. The predicted octanol–water partition coefficient (Wildman–Crippen LogP) is 1.81. The van der Waals surface area contributed by atoms with E-state index in [0.717, 1.165) is 0 Å². The van der Waals surface area contributed by atoms with Crippen molar-refractivity contribution < 1.29 is 14.0 Å². The van der Waals surface area contributed by atoms with Gasteiger partial charge in [-0.15, -0.1) is 0 Å². The summed E-state index contributed by atoms with van der Waals surface area (Å²) in [5.74, 6) is 0.251. The average molecular weight is 251 g/mol. The summed E-state index contributed by atoms with van der Waals surface area (Å²) in [5.41, 5.74) is 0.528. The third kappa shape index (κ3) is 3.04. The monoisotopic (exact) mass is 251 g/mol. The summed E-state index contributed by atoms with van der Waals surface area (Å²) in [4.78, 5) is 3.89. The number of aromatic hydroxyl groups is 1. The van der Waals surface area contributed by atoms with Crippen LogP contribution in [0.15, 0.2) is 29.0 Å². The Morgan fingerprint density at radius 1 is 1.50 bits per heavy atom. The lowest BCUT2D eigenvalue weighted by atomic mass is 10.1. The van der Waals surface area contributed by atoms with Crippen molar-refractivity contribution in [2.24, 2.45) is 0 Å². The maximum absolute atomic E-state index is 13.1. The first-order chi connectivity index (χ1) is 8.66. The van der Waals surface area contributed by atoms with Gasteiger partial charge in [0.25, 0.3) is 0 Å². The molecule has 96 valence electrons. The highest BCUT2D eigenvalue weighted by Gasteiger charge is 2.11. The fraction of sp³-hybridized carbons (Fsp3) is 0.333. The summed E-state index contributed by atoms with van der Waals surface area (Å²) in [5, 5.41) is 16.3. The zero-order chi connectivity index (χ0) is 13.0. The van der Waals surface area contributed by atoms with Gasteiger partial charge in [0.2, 0.25) is 5.89 Å². The molecular formula is C12H14FN3O2. The molecule has 1 unspecified atom stereocenters. The number of aromatic nitrogens is 2. The Labute approximate surface area is 104 Å². The Hall–Kier alpha value is -1.95. The van der Waals surface area contributed by atoms with E-state index in [0.29, 0.717) is 24.4 Å². The molecule has 18 heavy (non-hydrogen) atoms.